The van der Waals surface area contributed by atoms with Crippen molar-refractivity contribution in [1.29, 1.82) is 0 Å². The Balaban J connectivity index is 2.45. The van der Waals surface area contributed by atoms with E-state index in [4.69, 9.17) is 0 Å². The SMILES string of the molecule is CC(C)(C)c1ccc2c(c1)[CH]C=C2. The number of fused-ring (bicyclic) bond motifs is 1. The van der Waals surface area contributed by atoms with Crippen LogP contribution in [-0.2, 0) is 5.41 Å². The molecule has 0 bridgehead atoms. The summed E-state index contributed by atoms with van der Waals surface area (Å²) < 4.78 is 0. The zero-order chi connectivity index (χ0) is 9.47. The van der Waals surface area contributed by atoms with Crippen molar-refractivity contribution in [2.45, 2.75) is 26.2 Å². The molecule has 1 aliphatic rings. The van der Waals surface area contributed by atoms with Crippen molar-refractivity contribution in [3.8, 4) is 0 Å². The molecule has 2 rings (SSSR count). The lowest BCUT2D eigenvalue weighted by atomic mass is 9.85. The molecule has 0 spiro atoms. The summed E-state index contributed by atoms with van der Waals surface area (Å²) in [5.74, 6) is 0. The van der Waals surface area contributed by atoms with Crippen LogP contribution in [-0.4, -0.2) is 0 Å². The lowest BCUT2D eigenvalue weighted by Gasteiger charge is -2.19. The molecule has 0 aliphatic heterocycles. The second kappa shape index (κ2) is 2.73. The summed E-state index contributed by atoms with van der Waals surface area (Å²) >= 11 is 0. The first-order valence-corrected chi connectivity index (χ1v) is 4.73. The van der Waals surface area contributed by atoms with Crippen LogP contribution in [0.4, 0.5) is 0 Å². The fraction of sp³-hybridized carbons (Fsp3) is 0.308. The first-order valence-electron chi connectivity index (χ1n) is 4.73. The van der Waals surface area contributed by atoms with Crippen LogP contribution in [0.5, 0.6) is 0 Å². The molecule has 1 aromatic carbocycles. The van der Waals surface area contributed by atoms with E-state index in [2.05, 4.69) is 57.5 Å². The van der Waals surface area contributed by atoms with Crippen molar-refractivity contribution >= 4 is 6.08 Å². The highest BCUT2D eigenvalue weighted by Crippen LogP contribution is 2.28. The third kappa shape index (κ3) is 1.53. The van der Waals surface area contributed by atoms with Crippen molar-refractivity contribution in [3.63, 3.8) is 0 Å². The highest BCUT2D eigenvalue weighted by molar-refractivity contribution is 5.65. The van der Waals surface area contributed by atoms with Crippen molar-refractivity contribution in [1.82, 2.24) is 0 Å². The van der Waals surface area contributed by atoms with Crippen LogP contribution < -0.4 is 0 Å². The number of hydrogen-bond acceptors (Lipinski definition) is 0. The predicted octanol–water partition coefficient (Wildman–Crippen LogP) is 3.56. The van der Waals surface area contributed by atoms with E-state index in [-0.39, 0.29) is 5.41 Å². The maximum atomic E-state index is 2.29. The standard InChI is InChI=1S/C13H15/c1-13(2,3)12-8-7-10-5-4-6-11(10)9-12/h4-9H,1-3H3. The Kier molecular flexibility index (Phi) is 1.80. The minimum atomic E-state index is 0.255. The molecule has 0 saturated carbocycles. The Morgan fingerprint density at radius 2 is 1.77 bits per heavy atom. The van der Waals surface area contributed by atoms with Gasteiger partial charge in [-0.1, -0.05) is 51.1 Å². The van der Waals surface area contributed by atoms with Crippen LogP contribution in [0.3, 0.4) is 0 Å². The van der Waals surface area contributed by atoms with E-state index in [0.29, 0.717) is 0 Å². The molecular weight excluding hydrogens is 156 g/mol. The summed E-state index contributed by atoms with van der Waals surface area (Å²) in [6.07, 6.45) is 6.43. The van der Waals surface area contributed by atoms with E-state index < -0.39 is 0 Å². The average Bonchev–Trinajstić information content (AvgIpc) is 2.47. The van der Waals surface area contributed by atoms with Gasteiger partial charge in [0, 0.05) is 6.42 Å². The van der Waals surface area contributed by atoms with Crippen LogP contribution in [0, 0.1) is 6.42 Å². The summed E-state index contributed by atoms with van der Waals surface area (Å²) in [4.78, 5) is 0. The number of benzene rings is 1. The summed E-state index contributed by atoms with van der Waals surface area (Å²) in [6.45, 7) is 6.74. The molecule has 13 heavy (non-hydrogen) atoms. The minimum absolute atomic E-state index is 0.255. The molecule has 1 aliphatic carbocycles. The van der Waals surface area contributed by atoms with Crippen molar-refractivity contribution < 1.29 is 0 Å². The molecule has 0 heterocycles. The predicted molar refractivity (Wildman–Crippen MR) is 57.6 cm³/mol. The number of hydrogen-bond donors (Lipinski definition) is 0. The first kappa shape index (κ1) is 8.55. The molecular formula is C13H15. The molecule has 1 radical (unpaired) electrons. The molecule has 1 aromatic rings. The van der Waals surface area contributed by atoms with Gasteiger partial charge in [-0.05, 0) is 22.1 Å². The summed E-state index contributed by atoms with van der Waals surface area (Å²) in [5.41, 5.74) is 4.36. The van der Waals surface area contributed by atoms with E-state index in [9.17, 15) is 0 Å². The monoisotopic (exact) mass is 171 g/mol. The first-order chi connectivity index (χ1) is 6.07. The molecule has 0 heteroatoms. The zero-order valence-electron chi connectivity index (χ0n) is 8.46. The molecule has 0 fully saturated rings. The molecule has 0 aromatic heterocycles. The van der Waals surface area contributed by atoms with Gasteiger partial charge in [0.05, 0.1) is 0 Å². The van der Waals surface area contributed by atoms with Gasteiger partial charge in [-0.15, -0.1) is 0 Å². The van der Waals surface area contributed by atoms with Gasteiger partial charge in [-0.2, -0.15) is 0 Å². The summed E-state index contributed by atoms with van der Waals surface area (Å²) in [5, 5.41) is 0. The molecule has 0 atom stereocenters. The van der Waals surface area contributed by atoms with Gasteiger partial charge in [-0.25, -0.2) is 0 Å². The van der Waals surface area contributed by atoms with Crippen molar-refractivity contribution in [3.05, 3.63) is 47.4 Å². The Morgan fingerprint density at radius 1 is 1.00 bits per heavy atom. The number of allylic oxidation sites excluding steroid dienone is 1. The molecule has 0 saturated heterocycles. The Labute approximate surface area is 80.3 Å². The second-order valence-corrected chi connectivity index (χ2v) is 4.62. The fourth-order valence-electron chi connectivity index (χ4n) is 1.59. The quantitative estimate of drug-likeness (QED) is 0.560. The maximum absolute atomic E-state index is 2.29. The van der Waals surface area contributed by atoms with Crippen molar-refractivity contribution in [2.24, 2.45) is 0 Å². The third-order valence-corrected chi connectivity index (χ3v) is 2.50. The van der Waals surface area contributed by atoms with E-state index in [1.807, 2.05) is 0 Å². The average molecular weight is 171 g/mol. The molecule has 0 nitrogen and oxygen atoms in total. The minimum Gasteiger partial charge on any atom is -0.0755 e. The van der Waals surface area contributed by atoms with E-state index in [1.165, 1.54) is 16.7 Å². The lowest BCUT2D eigenvalue weighted by molar-refractivity contribution is 0.590. The van der Waals surface area contributed by atoms with Gasteiger partial charge in [0.2, 0.25) is 0 Å². The van der Waals surface area contributed by atoms with Gasteiger partial charge in [0.15, 0.2) is 0 Å². The largest absolute Gasteiger partial charge is 0.0755 e. The summed E-state index contributed by atoms with van der Waals surface area (Å²) in [6, 6.07) is 6.72. The van der Waals surface area contributed by atoms with Crippen molar-refractivity contribution in [2.75, 3.05) is 0 Å². The lowest BCUT2D eigenvalue weighted by Crippen LogP contribution is -2.11. The molecule has 67 valence electrons. The van der Waals surface area contributed by atoms with Crippen LogP contribution in [0.25, 0.3) is 6.08 Å². The van der Waals surface area contributed by atoms with E-state index in [0.717, 1.165) is 0 Å². The maximum Gasteiger partial charge on any atom is 0.0131 e. The fourth-order valence-corrected chi connectivity index (χ4v) is 1.59. The van der Waals surface area contributed by atoms with E-state index in [1.54, 1.807) is 0 Å². The summed E-state index contributed by atoms with van der Waals surface area (Å²) in [7, 11) is 0. The van der Waals surface area contributed by atoms with E-state index >= 15 is 0 Å². The van der Waals surface area contributed by atoms with Crippen LogP contribution in [0.15, 0.2) is 24.3 Å². The smallest absolute Gasteiger partial charge is 0.0131 e. The van der Waals surface area contributed by atoms with Crippen LogP contribution >= 0.6 is 0 Å². The zero-order valence-corrected chi connectivity index (χ0v) is 8.46. The molecule has 0 N–H and O–H groups in total. The van der Waals surface area contributed by atoms with Crippen LogP contribution in [0.1, 0.15) is 37.5 Å². The van der Waals surface area contributed by atoms with Gasteiger partial charge < -0.3 is 0 Å². The second-order valence-electron chi connectivity index (χ2n) is 4.62. The van der Waals surface area contributed by atoms with Gasteiger partial charge in [0.1, 0.15) is 0 Å². The van der Waals surface area contributed by atoms with Crippen LogP contribution in [0.2, 0.25) is 0 Å². The highest BCUT2D eigenvalue weighted by Gasteiger charge is 2.15. The Morgan fingerprint density at radius 3 is 2.46 bits per heavy atom. The number of rotatable bonds is 0. The third-order valence-electron chi connectivity index (χ3n) is 2.50. The van der Waals surface area contributed by atoms with Gasteiger partial charge in [-0.3, -0.25) is 0 Å². The Bertz CT molecular complexity index is 351. The topological polar surface area (TPSA) is 0 Å². The normalized spacial score (nSPS) is 14.7. The molecule has 0 amide bonds. The van der Waals surface area contributed by atoms with Gasteiger partial charge >= 0.3 is 0 Å². The molecule has 0 unspecified atom stereocenters. The van der Waals surface area contributed by atoms with Gasteiger partial charge in [0.25, 0.3) is 0 Å². The Hall–Kier alpha value is -1.04. The highest BCUT2D eigenvalue weighted by atomic mass is 14.2.